The first-order valence-electron chi connectivity index (χ1n) is 11.3. The Bertz CT molecular complexity index is 1080. The van der Waals surface area contributed by atoms with Crippen LogP contribution in [0.4, 0.5) is 4.79 Å². The Labute approximate surface area is 198 Å². The van der Waals surface area contributed by atoms with Gasteiger partial charge in [-0.15, -0.1) is 0 Å². The molecule has 4 rings (SSSR count). The van der Waals surface area contributed by atoms with Crippen LogP contribution in [0.1, 0.15) is 23.5 Å². The van der Waals surface area contributed by atoms with Gasteiger partial charge in [-0.3, -0.25) is 14.5 Å². The van der Waals surface area contributed by atoms with E-state index in [-0.39, 0.29) is 31.4 Å². The number of carboxylic acids is 1. The van der Waals surface area contributed by atoms with E-state index in [2.05, 4.69) is 41.4 Å². The number of nitrogens with one attached hydrogen (secondary N) is 1. The number of alkyl carbamates (subject to hydrolysis) is 1. The third kappa shape index (κ3) is 5.56. The molecule has 0 atom stereocenters. The predicted molar refractivity (Wildman–Crippen MR) is 126 cm³/mol. The zero-order chi connectivity index (χ0) is 23.9. The van der Waals surface area contributed by atoms with Gasteiger partial charge in [0.15, 0.2) is 0 Å². The van der Waals surface area contributed by atoms with Crippen molar-refractivity contribution < 1.29 is 24.2 Å². The lowest BCUT2D eigenvalue weighted by atomic mass is 9.98. The van der Waals surface area contributed by atoms with Crippen LogP contribution in [0, 0.1) is 11.8 Å². The fourth-order valence-electron chi connectivity index (χ4n) is 4.39. The quantitative estimate of drug-likeness (QED) is 0.640. The van der Waals surface area contributed by atoms with Gasteiger partial charge in [-0.05, 0) is 28.2 Å². The molecule has 0 saturated carbocycles. The molecule has 1 aliphatic carbocycles. The average Bonchev–Trinajstić information content (AvgIpc) is 3.18. The number of hydrogen-bond donors (Lipinski definition) is 2. The zero-order valence-electron chi connectivity index (χ0n) is 18.8. The SMILES string of the molecule is O=C(O)CCN1CCN(C(=O)C#CCNC(=O)OCC2c3ccccc3-c3ccccc32)CC1. The number of benzene rings is 2. The van der Waals surface area contributed by atoms with Gasteiger partial charge in [-0.2, -0.15) is 0 Å². The first-order chi connectivity index (χ1) is 16.5. The molecule has 2 aromatic rings. The molecular weight excluding hydrogens is 434 g/mol. The number of amides is 2. The van der Waals surface area contributed by atoms with Crippen LogP contribution in [0.5, 0.6) is 0 Å². The average molecular weight is 462 g/mol. The molecule has 1 heterocycles. The van der Waals surface area contributed by atoms with E-state index in [1.807, 2.05) is 29.2 Å². The van der Waals surface area contributed by atoms with E-state index in [0.717, 1.165) is 11.1 Å². The second-order valence-corrected chi connectivity index (χ2v) is 8.26. The van der Waals surface area contributed by atoms with Crippen molar-refractivity contribution in [3.8, 4) is 23.0 Å². The highest BCUT2D eigenvalue weighted by atomic mass is 16.5. The summed E-state index contributed by atoms with van der Waals surface area (Å²) < 4.78 is 5.45. The normalized spacial score (nSPS) is 15.0. The second kappa shape index (κ2) is 10.9. The minimum Gasteiger partial charge on any atom is -0.481 e. The fourth-order valence-corrected chi connectivity index (χ4v) is 4.39. The maximum Gasteiger partial charge on any atom is 0.407 e. The molecule has 0 unspecified atom stereocenters. The predicted octanol–water partition coefficient (Wildman–Crippen LogP) is 2.15. The van der Waals surface area contributed by atoms with Gasteiger partial charge in [0.2, 0.25) is 0 Å². The number of hydrogen-bond acceptors (Lipinski definition) is 5. The lowest BCUT2D eigenvalue weighted by Gasteiger charge is -2.33. The van der Waals surface area contributed by atoms with Crippen molar-refractivity contribution in [1.29, 1.82) is 0 Å². The van der Waals surface area contributed by atoms with E-state index < -0.39 is 12.1 Å². The number of nitrogens with zero attached hydrogens (tertiary/aromatic N) is 2. The first-order valence-corrected chi connectivity index (χ1v) is 11.3. The molecule has 8 heteroatoms. The Balaban J connectivity index is 1.20. The number of fused-ring (bicyclic) bond motifs is 3. The van der Waals surface area contributed by atoms with Crippen LogP contribution in [0.15, 0.2) is 48.5 Å². The summed E-state index contributed by atoms with van der Waals surface area (Å²) >= 11 is 0. The largest absolute Gasteiger partial charge is 0.481 e. The summed E-state index contributed by atoms with van der Waals surface area (Å²) in [6.45, 7) is 2.98. The summed E-state index contributed by atoms with van der Waals surface area (Å²) in [5, 5.41) is 11.3. The van der Waals surface area contributed by atoms with Gasteiger partial charge in [0.05, 0.1) is 13.0 Å². The molecule has 2 aliphatic rings. The van der Waals surface area contributed by atoms with Gasteiger partial charge >= 0.3 is 12.1 Å². The number of carboxylic acid groups (broad SMARTS) is 1. The molecule has 176 valence electrons. The molecule has 2 aromatic carbocycles. The number of carbonyl (C=O) groups is 3. The summed E-state index contributed by atoms with van der Waals surface area (Å²) in [5.41, 5.74) is 4.62. The van der Waals surface area contributed by atoms with Crippen molar-refractivity contribution in [1.82, 2.24) is 15.1 Å². The number of aliphatic carboxylic acids is 1. The van der Waals surface area contributed by atoms with Crippen molar-refractivity contribution in [2.45, 2.75) is 12.3 Å². The summed E-state index contributed by atoms with van der Waals surface area (Å²) in [6, 6.07) is 16.3. The first kappa shape index (κ1) is 23.3. The lowest BCUT2D eigenvalue weighted by Crippen LogP contribution is -2.48. The van der Waals surface area contributed by atoms with Crippen molar-refractivity contribution in [2.75, 3.05) is 45.9 Å². The third-order valence-electron chi connectivity index (χ3n) is 6.16. The van der Waals surface area contributed by atoms with Gasteiger partial charge in [-0.1, -0.05) is 54.5 Å². The van der Waals surface area contributed by atoms with Crippen molar-refractivity contribution >= 4 is 18.0 Å². The van der Waals surface area contributed by atoms with Crippen LogP contribution in [0.25, 0.3) is 11.1 Å². The van der Waals surface area contributed by atoms with Crippen LogP contribution >= 0.6 is 0 Å². The summed E-state index contributed by atoms with van der Waals surface area (Å²) in [5.74, 6) is 4.09. The Morgan fingerprint density at radius 1 is 0.971 bits per heavy atom. The Kier molecular flexibility index (Phi) is 7.45. The van der Waals surface area contributed by atoms with Crippen molar-refractivity contribution in [3.05, 3.63) is 59.7 Å². The van der Waals surface area contributed by atoms with Crippen LogP contribution in [-0.4, -0.2) is 78.8 Å². The van der Waals surface area contributed by atoms with Crippen LogP contribution in [0.3, 0.4) is 0 Å². The highest BCUT2D eigenvalue weighted by Crippen LogP contribution is 2.44. The Morgan fingerprint density at radius 2 is 1.59 bits per heavy atom. The maximum absolute atomic E-state index is 12.2. The lowest BCUT2D eigenvalue weighted by molar-refractivity contribution is -0.137. The highest BCUT2D eigenvalue weighted by Gasteiger charge is 2.29. The number of rotatable bonds is 6. The van der Waals surface area contributed by atoms with Gasteiger partial charge in [0.1, 0.15) is 6.61 Å². The Morgan fingerprint density at radius 3 is 2.21 bits per heavy atom. The molecule has 8 nitrogen and oxygen atoms in total. The van der Waals surface area contributed by atoms with Gasteiger partial charge < -0.3 is 20.1 Å². The maximum atomic E-state index is 12.2. The molecule has 1 aliphatic heterocycles. The summed E-state index contributed by atoms with van der Waals surface area (Å²) in [6.07, 6.45) is -0.481. The fraction of sp³-hybridized carbons (Fsp3) is 0.346. The molecule has 0 bridgehead atoms. The molecule has 34 heavy (non-hydrogen) atoms. The molecule has 0 radical (unpaired) electrons. The molecule has 1 saturated heterocycles. The molecular formula is C26H27N3O5. The molecule has 2 N–H and O–H groups in total. The Hall–Kier alpha value is -3.83. The van der Waals surface area contributed by atoms with E-state index in [4.69, 9.17) is 9.84 Å². The summed E-state index contributed by atoms with van der Waals surface area (Å²) in [7, 11) is 0. The second-order valence-electron chi connectivity index (χ2n) is 8.26. The molecule has 2 amide bonds. The van der Waals surface area contributed by atoms with Gasteiger partial charge in [0.25, 0.3) is 5.91 Å². The number of carbonyl (C=O) groups excluding carboxylic acids is 2. The number of ether oxygens (including phenoxy) is 1. The van der Waals surface area contributed by atoms with Gasteiger partial charge in [-0.25, -0.2) is 4.79 Å². The minimum absolute atomic E-state index is 0.0139. The van der Waals surface area contributed by atoms with Crippen LogP contribution < -0.4 is 5.32 Å². The monoisotopic (exact) mass is 461 g/mol. The van der Waals surface area contributed by atoms with E-state index >= 15 is 0 Å². The minimum atomic E-state index is -0.826. The van der Waals surface area contributed by atoms with E-state index in [1.165, 1.54) is 11.1 Å². The molecule has 0 spiro atoms. The van der Waals surface area contributed by atoms with E-state index in [1.54, 1.807) is 4.90 Å². The van der Waals surface area contributed by atoms with E-state index in [9.17, 15) is 14.4 Å². The topological polar surface area (TPSA) is 99.2 Å². The summed E-state index contributed by atoms with van der Waals surface area (Å²) in [4.78, 5) is 38.7. The zero-order valence-corrected chi connectivity index (χ0v) is 18.8. The van der Waals surface area contributed by atoms with Crippen molar-refractivity contribution in [3.63, 3.8) is 0 Å². The number of piperazine rings is 1. The molecule has 1 fully saturated rings. The highest BCUT2D eigenvalue weighted by molar-refractivity contribution is 5.93. The molecule has 0 aromatic heterocycles. The third-order valence-corrected chi connectivity index (χ3v) is 6.16. The van der Waals surface area contributed by atoms with Gasteiger partial charge in [0, 0.05) is 38.6 Å². The van der Waals surface area contributed by atoms with E-state index in [0.29, 0.717) is 32.7 Å². The van der Waals surface area contributed by atoms with Crippen molar-refractivity contribution in [2.24, 2.45) is 0 Å². The standard InChI is InChI=1S/C26H27N3O5/c30-24(29-16-14-28(15-17-29)13-11-25(31)32)10-5-12-27-26(33)34-18-23-21-8-3-1-6-19(21)20-7-2-4-9-22(20)23/h1-4,6-9,23H,11-18H2,(H,27,33)(H,31,32). The van der Waals surface area contributed by atoms with Crippen LogP contribution in [-0.2, 0) is 14.3 Å². The smallest absolute Gasteiger partial charge is 0.407 e. The van der Waals surface area contributed by atoms with Crippen LogP contribution in [0.2, 0.25) is 0 Å².